The van der Waals surface area contributed by atoms with E-state index in [2.05, 4.69) is 33.2 Å². The molecule has 0 fully saturated rings. The Morgan fingerprint density at radius 2 is 1.13 bits per heavy atom. The fourth-order valence-electron chi connectivity index (χ4n) is 4.53. The predicted octanol–water partition coefficient (Wildman–Crippen LogP) is 10.5. The van der Waals surface area contributed by atoms with Crippen LogP contribution in [0.15, 0.2) is 152 Å². The van der Waals surface area contributed by atoms with Crippen LogP contribution in [0.3, 0.4) is 0 Å². The van der Waals surface area contributed by atoms with E-state index in [9.17, 15) is 0 Å². The first-order valence-corrected chi connectivity index (χ1v) is 14.7. The Morgan fingerprint density at radius 1 is 0.596 bits per heavy atom. The van der Waals surface area contributed by atoms with E-state index in [1.807, 2.05) is 116 Å². The van der Waals surface area contributed by atoms with Gasteiger partial charge in [0.2, 0.25) is 0 Å². The fraction of sp³-hybridized carbons (Fsp3) is 0.0930. The summed E-state index contributed by atoms with van der Waals surface area (Å²) in [6, 6.07) is 54.0. The Kier molecular flexibility index (Phi) is 10.1. The standard InChI is InChI=1S/C19H16N.2C12H10N.Ir/c1-2-15-13-19(17-11-7-4-8-12-17)20-14-18(15)16-9-5-3-6-10-16;2*1-10-6-5-9-12(13-10)11-7-3-2-4-8-11;/h3-11,13-14H,2H2,1H3;2*2-7,9H,1H3;/q3*-1;+3/i1D3,2D;1D3;;. The normalized spacial score (nSPS) is 13.3. The topological polar surface area (TPSA) is 38.7 Å². The second kappa shape index (κ2) is 18.2. The van der Waals surface area contributed by atoms with Gasteiger partial charge in [-0.3, -0.25) is 0 Å². The van der Waals surface area contributed by atoms with Crippen LogP contribution in [0.5, 0.6) is 0 Å². The van der Waals surface area contributed by atoms with Gasteiger partial charge in [0.15, 0.2) is 0 Å². The quantitative estimate of drug-likeness (QED) is 0.163. The first-order chi connectivity index (χ1) is 25.4. The summed E-state index contributed by atoms with van der Waals surface area (Å²) in [5, 5.41) is 0. The summed E-state index contributed by atoms with van der Waals surface area (Å²) in [5.74, 6) is 0. The molecule has 0 radical (unpaired) electrons. The van der Waals surface area contributed by atoms with Gasteiger partial charge in [-0.2, -0.15) is 0 Å². The molecule has 4 heteroatoms. The number of hydrogen-bond donors (Lipinski definition) is 0. The number of pyridine rings is 3. The van der Waals surface area contributed by atoms with E-state index in [0.717, 1.165) is 33.6 Å². The van der Waals surface area contributed by atoms with E-state index in [1.54, 1.807) is 36.5 Å². The number of rotatable bonds is 5. The number of nitrogens with zero attached hydrogens (tertiary/aromatic N) is 3. The molecule has 0 bridgehead atoms. The van der Waals surface area contributed by atoms with E-state index in [4.69, 9.17) is 9.60 Å². The number of benzene rings is 4. The van der Waals surface area contributed by atoms with Gasteiger partial charge in [0.25, 0.3) is 0 Å². The summed E-state index contributed by atoms with van der Waals surface area (Å²) in [6.45, 7) is -2.57. The first kappa shape index (κ1) is 26.1. The molecule has 1 unspecified atom stereocenters. The Bertz CT molecular complexity index is 2180. The van der Waals surface area contributed by atoms with Gasteiger partial charge in [-0.05, 0) is 60.5 Å². The van der Waals surface area contributed by atoms with Gasteiger partial charge in [-0.15, -0.1) is 108 Å². The second-order valence-electron chi connectivity index (χ2n) is 10.1. The van der Waals surface area contributed by atoms with Gasteiger partial charge in [0.05, 0.1) is 0 Å². The van der Waals surface area contributed by atoms with Gasteiger partial charge in [-0.1, -0.05) is 67.5 Å². The van der Waals surface area contributed by atoms with Crippen LogP contribution in [0, 0.1) is 32.0 Å². The van der Waals surface area contributed by atoms with Crippen molar-refractivity contribution in [2.75, 3.05) is 0 Å². The zero-order valence-corrected chi connectivity index (χ0v) is 28.1. The Labute approximate surface area is 302 Å². The molecule has 1 atom stereocenters. The zero-order valence-electron chi connectivity index (χ0n) is 32.7. The minimum atomic E-state index is -2.40. The van der Waals surface area contributed by atoms with Gasteiger partial charge in [0, 0.05) is 32.7 Å². The average molecular weight is 794 g/mol. The van der Waals surface area contributed by atoms with Crippen molar-refractivity contribution in [3.05, 3.63) is 187 Å². The van der Waals surface area contributed by atoms with Crippen LogP contribution in [0.1, 0.15) is 33.4 Å². The molecule has 0 N–H and O–H groups in total. The van der Waals surface area contributed by atoms with Crippen LogP contribution in [0.4, 0.5) is 0 Å². The molecule has 0 aliphatic heterocycles. The molecule has 0 spiro atoms. The van der Waals surface area contributed by atoms with E-state index in [0.29, 0.717) is 22.5 Å². The Hall–Kier alpha value is -5.02. The van der Waals surface area contributed by atoms with Crippen molar-refractivity contribution in [3.8, 4) is 44.9 Å². The van der Waals surface area contributed by atoms with Crippen molar-refractivity contribution in [1.29, 1.82) is 0 Å². The third-order valence-electron chi connectivity index (χ3n) is 6.77. The first-order valence-electron chi connectivity index (χ1n) is 18.3. The minimum absolute atomic E-state index is 0. The SMILES string of the molecule is Cc1cccc(-c2[c-]cccc2)n1.[2H]C([2H])([2H])c1cccc(-c2[c-]cccc2)n1.[2H]C(c1cc(-c2[c-]cccc2)ncc1-c1ccccc1)C([2H])([2H])[2H].[Ir+3]. The van der Waals surface area contributed by atoms with Gasteiger partial charge < -0.3 is 15.0 Å². The molecule has 7 rings (SSSR count). The van der Waals surface area contributed by atoms with Crippen molar-refractivity contribution in [2.24, 2.45) is 0 Å². The van der Waals surface area contributed by atoms with E-state index in [-0.39, 0.29) is 25.8 Å². The maximum atomic E-state index is 8.21. The summed E-state index contributed by atoms with van der Waals surface area (Å²) in [6.07, 6.45) is 0.312. The maximum absolute atomic E-state index is 8.21. The number of hydrogen-bond acceptors (Lipinski definition) is 3. The van der Waals surface area contributed by atoms with Crippen LogP contribution >= 0.6 is 0 Å². The van der Waals surface area contributed by atoms with Crippen LogP contribution in [-0.4, -0.2) is 15.0 Å². The molecule has 0 aliphatic carbocycles. The van der Waals surface area contributed by atoms with Crippen LogP contribution in [-0.2, 0) is 26.5 Å². The summed E-state index contributed by atoms with van der Waals surface area (Å²) >= 11 is 0. The monoisotopic (exact) mass is 794 g/mol. The molecule has 0 amide bonds. The molecule has 232 valence electrons. The Balaban J connectivity index is 0.000000189. The molecule has 4 aromatic carbocycles. The third kappa shape index (κ3) is 10.2. The number of aromatic nitrogens is 3. The maximum Gasteiger partial charge on any atom is 3.00 e. The fourth-order valence-corrected chi connectivity index (χ4v) is 4.53. The van der Waals surface area contributed by atoms with E-state index < -0.39 is 20.1 Å². The van der Waals surface area contributed by atoms with Crippen molar-refractivity contribution >= 4 is 0 Å². The summed E-state index contributed by atoms with van der Waals surface area (Å²) in [7, 11) is 0. The van der Waals surface area contributed by atoms with Crippen LogP contribution < -0.4 is 0 Å². The third-order valence-corrected chi connectivity index (χ3v) is 6.77. The van der Waals surface area contributed by atoms with E-state index in [1.165, 1.54) is 6.07 Å². The molecular formula is C43H36IrN3. The van der Waals surface area contributed by atoms with Crippen LogP contribution in [0.25, 0.3) is 44.9 Å². The predicted molar refractivity (Wildman–Crippen MR) is 190 cm³/mol. The molecule has 0 aliphatic rings. The zero-order chi connectivity index (χ0) is 37.8. The Morgan fingerprint density at radius 3 is 1.64 bits per heavy atom. The van der Waals surface area contributed by atoms with Crippen molar-refractivity contribution in [3.63, 3.8) is 0 Å². The largest absolute Gasteiger partial charge is 3.00 e. The summed E-state index contributed by atoms with van der Waals surface area (Å²) < 4.78 is 53.0. The molecule has 3 heterocycles. The average Bonchev–Trinajstić information content (AvgIpc) is 3.19. The van der Waals surface area contributed by atoms with Gasteiger partial charge in [0.1, 0.15) is 0 Å². The second-order valence-corrected chi connectivity index (χ2v) is 10.1. The van der Waals surface area contributed by atoms with Crippen molar-refractivity contribution in [2.45, 2.75) is 27.0 Å². The van der Waals surface area contributed by atoms with Crippen LogP contribution in [0.2, 0.25) is 0 Å². The molecule has 3 aromatic heterocycles. The van der Waals surface area contributed by atoms with Crippen molar-refractivity contribution < 1.29 is 29.7 Å². The summed E-state index contributed by atoms with van der Waals surface area (Å²) in [4.78, 5) is 13.0. The molecule has 0 saturated heterocycles. The smallest absolute Gasteiger partial charge is 0.304 e. The molecule has 47 heavy (non-hydrogen) atoms. The minimum Gasteiger partial charge on any atom is -0.304 e. The summed E-state index contributed by atoms with van der Waals surface area (Å²) in [5.41, 5.74) is 7.98. The van der Waals surface area contributed by atoms with Crippen molar-refractivity contribution in [1.82, 2.24) is 15.0 Å². The molecule has 7 aromatic rings. The molecular weight excluding hydrogens is 751 g/mol. The molecule has 3 nitrogen and oxygen atoms in total. The van der Waals surface area contributed by atoms with Gasteiger partial charge >= 0.3 is 20.1 Å². The van der Waals surface area contributed by atoms with Gasteiger partial charge in [-0.25, -0.2) is 0 Å². The molecule has 0 saturated carbocycles. The van der Waals surface area contributed by atoms with E-state index >= 15 is 0 Å². The number of aryl methyl sites for hydroxylation is 3.